The predicted octanol–water partition coefficient (Wildman–Crippen LogP) is 4.37. The largest absolute Gasteiger partial charge is 0.394 e. The average Bonchev–Trinajstić information content (AvgIpc) is 3.17. The minimum Gasteiger partial charge on any atom is -0.394 e. The summed E-state index contributed by atoms with van der Waals surface area (Å²) in [7, 11) is 0. The van der Waals surface area contributed by atoms with E-state index in [-0.39, 0.29) is 30.4 Å². The minimum atomic E-state index is -0.368. The molecule has 0 aliphatic carbocycles. The summed E-state index contributed by atoms with van der Waals surface area (Å²) >= 11 is 1.51. The Morgan fingerprint density at radius 3 is 2.61 bits per heavy atom. The van der Waals surface area contributed by atoms with Crippen LogP contribution in [0, 0.1) is 17.1 Å². The number of aromatic nitrogens is 1. The van der Waals surface area contributed by atoms with E-state index >= 15 is 0 Å². The van der Waals surface area contributed by atoms with Crippen molar-refractivity contribution in [3.63, 3.8) is 0 Å². The van der Waals surface area contributed by atoms with Crippen molar-refractivity contribution in [2.24, 2.45) is 0 Å². The summed E-state index contributed by atoms with van der Waals surface area (Å²) in [4.78, 5) is 6.51. The molecule has 6 heteroatoms. The second-order valence-electron chi connectivity index (χ2n) is 6.86. The van der Waals surface area contributed by atoms with Gasteiger partial charge in [-0.3, -0.25) is 0 Å². The van der Waals surface area contributed by atoms with E-state index in [2.05, 4.69) is 11.1 Å². The van der Waals surface area contributed by atoms with Crippen LogP contribution in [0.3, 0.4) is 0 Å². The molecule has 0 radical (unpaired) electrons. The smallest absolute Gasteiger partial charge is 0.186 e. The molecule has 2 heterocycles. The molecule has 0 unspecified atom stereocenters. The van der Waals surface area contributed by atoms with Gasteiger partial charge in [0.15, 0.2) is 5.13 Å². The summed E-state index contributed by atoms with van der Waals surface area (Å²) in [6.07, 6.45) is 0.844. The molecule has 0 saturated carbocycles. The van der Waals surface area contributed by atoms with Crippen LogP contribution in [0.5, 0.6) is 0 Å². The van der Waals surface area contributed by atoms with E-state index in [0.29, 0.717) is 0 Å². The van der Waals surface area contributed by atoms with Gasteiger partial charge in [-0.2, -0.15) is 5.26 Å². The highest BCUT2D eigenvalue weighted by molar-refractivity contribution is 7.13. The van der Waals surface area contributed by atoms with Crippen LogP contribution in [0.4, 0.5) is 9.52 Å². The van der Waals surface area contributed by atoms with Gasteiger partial charge < -0.3 is 10.0 Å². The Morgan fingerprint density at radius 2 is 2.00 bits per heavy atom. The van der Waals surface area contributed by atoms with E-state index in [9.17, 15) is 14.8 Å². The molecular formula is C22H20FN3OS. The quantitative estimate of drug-likeness (QED) is 0.699. The molecule has 1 aliphatic heterocycles. The summed E-state index contributed by atoms with van der Waals surface area (Å²) < 4.78 is 13.5. The standard InChI is InChI=1S/C22H20FN3OS/c1-2-18-13-28-22(25-18)26-19(11-24)21(20(26)12-27)15-8-6-14(7-9-15)16-4-3-5-17(23)10-16/h3-10,13,19-21,27H,2,12H2,1H3/t19-,20-,21+/m0/s1. The van der Waals surface area contributed by atoms with Crippen molar-refractivity contribution >= 4 is 16.5 Å². The second-order valence-corrected chi connectivity index (χ2v) is 7.70. The maximum absolute atomic E-state index is 13.5. The van der Waals surface area contributed by atoms with Crippen molar-refractivity contribution in [2.45, 2.75) is 31.3 Å². The second kappa shape index (κ2) is 7.70. The molecule has 0 amide bonds. The number of benzene rings is 2. The lowest BCUT2D eigenvalue weighted by Crippen LogP contribution is -2.63. The first-order chi connectivity index (χ1) is 13.7. The maximum atomic E-state index is 13.5. The number of thiazole rings is 1. The van der Waals surface area contributed by atoms with Gasteiger partial charge in [0.1, 0.15) is 11.9 Å². The third-order valence-electron chi connectivity index (χ3n) is 5.31. The van der Waals surface area contributed by atoms with Crippen LogP contribution in [0.25, 0.3) is 11.1 Å². The van der Waals surface area contributed by atoms with Crippen LogP contribution in [-0.4, -0.2) is 28.8 Å². The highest BCUT2D eigenvalue weighted by atomic mass is 32.1. The number of nitrogens with zero attached hydrogens (tertiary/aromatic N) is 3. The number of nitriles is 1. The van der Waals surface area contributed by atoms with Crippen molar-refractivity contribution in [2.75, 3.05) is 11.5 Å². The molecule has 28 heavy (non-hydrogen) atoms. The van der Waals surface area contributed by atoms with Gasteiger partial charge in [0.25, 0.3) is 0 Å². The zero-order chi connectivity index (χ0) is 19.7. The highest BCUT2D eigenvalue weighted by Crippen LogP contribution is 2.44. The normalized spacial score (nSPS) is 21.2. The third-order valence-corrected chi connectivity index (χ3v) is 6.21. The van der Waals surface area contributed by atoms with Gasteiger partial charge in [0.2, 0.25) is 0 Å². The van der Waals surface area contributed by atoms with Crippen LogP contribution in [0.1, 0.15) is 24.1 Å². The Bertz CT molecular complexity index is 1010. The molecule has 1 saturated heterocycles. The predicted molar refractivity (Wildman–Crippen MR) is 109 cm³/mol. The maximum Gasteiger partial charge on any atom is 0.186 e. The summed E-state index contributed by atoms with van der Waals surface area (Å²) in [5.74, 6) is -0.360. The van der Waals surface area contributed by atoms with E-state index in [1.165, 1.54) is 23.5 Å². The zero-order valence-corrected chi connectivity index (χ0v) is 16.2. The SMILES string of the molecule is CCc1csc(N2[C@@H](C#N)[C@@H](c3ccc(-c4cccc(F)c4)cc3)[C@@H]2CO)n1. The number of aryl methyl sites for hydroxylation is 1. The topological polar surface area (TPSA) is 60.2 Å². The van der Waals surface area contributed by atoms with Crippen LogP contribution in [0.15, 0.2) is 53.9 Å². The van der Waals surface area contributed by atoms with Crippen molar-refractivity contribution in [3.05, 3.63) is 71.0 Å². The lowest BCUT2D eigenvalue weighted by atomic mass is 9.76. The number of anilines is 1. The van der Waals surface area contributed by atoms with Crippen molar-refractivity contribution in [1.82, 2.24) is 4.98 Å². The van der Waals surface area contributed by atoms with Crippen molar-refractivity contribution < 1.29 is 9.50 Å². The summed E-state index contributed by atoms with van der Waals surface area (Å²) in [6.45, 7) is 2.00. The molecule has 142 valence electrons. The molecular weight excluding hydrogens is 373 g/mol. The van der Waals surface area contributed by atoms with Crippen molar-refractivity contribution in [3.8, 4) is 17.2 Å². The highest BCUT2D eigenvalue weighted by Gasteiger charge is 2.50. The Balaban J connectivity index is 1.60. The molecule has 4 nitrogen and oxygen atoms in total. The third kappa shape index (κ3) is 3.17. The molecule has 1 N–H and O–H groups in total. The van der Waals surface area contributed by atoms with Gasteiger partial charge in [-0.25, -0.2) is 9.37 Å². The molecule has 1 fully saturated rings. The molecule has 3 aromatic rings. The van der Waals surface area contributed by atoms with E-state index < -0.39 is 0 Å². The van der Waals surface area contributed by atoms with Gasteiger partial charge in [0, 0.05) is 11.3 Å². The molecule has 2 aromatic carbocycles. The van der Waals surface area contributed by atoms with E-state index in [1.54, 1.807) is 6.07 Å². The molecule has 0 spiro atoms. The van der Waals surface area contributed by atoms with E-state index in [1.807, 2.05) is 47.5 Å². The van der Waals surface area contributed by atoms with Gasteiger partial charge in [-0.1, -0.05) is 43.3 Å². The fourth-order valence-electron chi connectivity index (χ4n) is 3.81. The number of halogens is 1. The molecule has 4 rings (SSSR count). The van der Waals surface area contributed by atoms with Gasteiger partial charge in [0.05, 0.1) is 24.4 Å². The van der Waals surface area contributed by atoms with Gasteiger partial charge in [-0.05, 0) is 35.2 Å². The Morgan fingerprint density at radius 1 is 1.21 bits per heavy atom. The van der Waals surface area contributed by atoms with E-state index in [4.69, 9.17) is 0 Å². The number of aliphatic hydroxyl groups excluding tert-OH is 1. The Labute approximate surface area is 167 Å². The monoisotopic (exact) mass is 393 g/mol. The first-order valence-corrected chi connectivity index (χ1v) is 10.1. The van der Waals surface area contributed by atoms with Crippen LogP contribution in [0.2, 0.25) is 0 Å². The average molecular weight is 393 g/mol. The fraction of sp³-hybridized carbons (Fsp3) is 0.273. The Hall–Kier alpha value is -2.75. The number of hydrogen-bond donors (Lipinski definition) is 1. The summed E-state index contributed by atoms with van der Waals surface area (Å²) in [5.41, 5.74) is 3.72. The molecule has 1 aliphatic rings. The first kappa shape index (κ1) is 18.6. The lowest BCUT2D eigenvalue weighted by molar-refractivity contribution is 0.187. The molecule has 3 atom stereocenters. The molecule has 1 aromatic heterocycles. The van der Waals surface area contributed by atoms with Crippen LogP contribution in [-0.2, 0) is 6.42 Å². The summed E-state index contributed by atoms with van der Waals surface area (Å²) in [6, 6.07) is 16.1. The summed E-state index contributed by atoms with van der Waals surface area (Å²) in [5, 5.41) is 22.5. The first-order valence-electron chi connectivity index (χ1n) is 9.25. The fourth-order valence-corrected chi connectivity index (χ4v) is 4.82. The van der Waals surface area contributed by atoms with Gasteiger partial charge in [-0.15, -0.1) is 11.3 Å². The van der Waals surface area contributed by atoms with Crippen molar-refractivity contribution in [1.29, 1.82) is 5.26 Å². The van der Waals surface area contributed by atoms with Crippen LogP contribution >= 0.6 is 11.3 Å². The van der Waals surface area contributed by atoms with E-state index in [0.717, 1.165) is 33.9 Å². The Kier molecular flexibility index (Phi) is 5.12. The lowest BCUT2D eigenvalue weighted by Gasteiger charge is -2.51. The number of aliphatic hydroxyl groups is 1. The number of rotatable bonds is 5. The zero-order valence-electron chi connectivity index (χ0n) is 15.4. The number of hydrogen-bond acceptors (Lipinski definition) is 5. The van der Waals surface area contributed by atoms with Crippen LogP contribution < -0.4 is 4.90 Å². The molecule has 0 bridgehead atoms. The van der Waals surface area contributed by atoms with Gasteiger partial charge >= 0.3 is 0 Å². The minimum absolute atomic E-state index is 0.0461.